The summed E-state index contributed by atoms with van der Waals surface area (Å²) >= 11 is 0. The van der Waals surface area contributed by atoms with Crippen LogP contribution in [0.4, 0.5) is 0 Å². The van der Waals surface area contributed by atoms with E-state index < -0.39 is 0 Å². The lowest BCUT2D eigenvalue weighted by atomic mass is 10.0. The van der Waals surface area contributed by atoms with Crippen LogP contribution in [0.5, 0.6) is 0 Å². The summed E-state index contributed by atoms with van der Waals surface area (Å²) in [6.45, 7) is 6.68. The predicted octanol–water partition coefficient (Wildman–Crippen LogP) is 9.67. The number of hydrogen-bond donors (Lipinski definition) is 0. The van der Waals surface area contributed by atoms with Crippen LogP contribution in [-0.4, -0.2) is 0 Å². The van der Waals surface area contributed by atoms with Gasteiger partial charge in [0, 0.05) is 22.3 Å². The fourth-order valence-corrected chi connectivity index (χ4v) is 4.79. The smallest absolute Gasteiger partial charge is 0.0281 e. The van der Waals surface area contributed by atoms with Crippen molar-refractivity contribution < 1.29 is 0 Å². The van der Waals surface area contributed by atoms with Crippen LogP contribution >= 0.6 is 0 Å². The molecule has 192 valence electrons. The van der Waals surface area contributed by atoms with Gasteiger partial charge in [-0.2, -0.15) is 0 Å². The van der Waals surface area contributed by atoms with Crippen LogP contribution in [0.3, 0.4) is 0 Å². The highest BCUT2D eigenvalue weighted by Gasteiger charge is 2.01. The summed E-state index contributed by atoms with van der Waals surface area (Å²) < 4.78 is 0. The van der Waals surface area contributed by atoms with Crippen LogP contribution in [-0.2, 0) is 19.3 Å². The van der Waals surface area contributed by atoms with E-state index in [0.717, 1.165) is 41.5 Å². The quantitative estimate of drug-likeness (QED) is 0.160. The molecule has 0 amide bonds. The Morgan fingerprint density at radius 1 is 0.474 bits per heavy atom. The zero-order valence-corrected chi connectivity index (χ0v) is 23.4. The Hall–Kier alpha value is -3.74. The zero-order valence-electron chi connectivity index (χ0n) is 23.4. The van der Waals surface area contributed by atoms with E-state index in [1.54, 1.807) is 0 Å². The molecule has 0 fully saturated rings. The maximum Gasteiger partial charge on any atom is 0.0281 e. The highest BCUT2D eigenvalue weighted by atomic mass is 14.1. The molecule has 0 aromatic heterocycles. The van der Waals surface area contributed by atoms with E-state index >= 15 is 0 Å². The fraction of sp³-hybridized carbons (Fsp3) is 0.316. The van der Waals surface area contributed by atoms with E-state index in [0.29, 0.717) is 0 Å². The van der Waals surface area contributed by atoms with Crippen LogP contribution in [0.1, 0.15) is 98.2 Å². The second-order valence-corrected chi connectivity index (χ2v) is 10.2. The van der Waals surface area contributed by atoms with Gasteiger partial charge in [-0.1, -0.05) is 107 Å². The van der Waals surface area contributed by atoms with Gasteiger partial charge in [0.05, 0.1) is 0 Å². The van der Waals surface area contributed by atoms with Crippen molar-refractivity contribution in [1.29, 1.82) is 0 Å². The van der Waals surface area contributed by atoms with Gasteiger partial charge >= 0.3 is 0 Å². The van der Waals surface area contributed by atoms with Crippen LogP contribution < -0.4 is 0 Å². The second kappa shape index (κ2) is 14.3. The van der Waals surface area contributed by atoms with E-state index in [-0.39, 0.29) is 0 Å². The summed E-state index contributed by atoms with van der Waals surface area (Å²) in [7, 11) is 0. The Labute approximate surface area is 230 Å². The monoisotopic (exact) mass is 496 g/mol. The molecule has 0 heteroatoms. The lowest BCUT2D eigenvalue weighted by Crippen LogP contribution is -1.90. The Morgan fingerprint density at radius 3 is 1.84 bits per heavy atom. The minimum Gasteiger partial charge on any atom is -0.0654 e. The molecule has 0 unspecified atom stereocenters. The molecule has 0 saturated heterocycles. The normalized spacial score (nSPS) is 10.5. The molecule has 0 N–H and O–H groups in total. The molecule has 0 atom stereocenters. The largest absolute Gasteiger partial charge is 0.0654 e. The Bertz CT molecular complexity index is 1460. The topological polar surface area (TPSA) is 0 Å². The maximum atomic E-state index is 3.40. The molecule has 0 nitrogen and oxygen atoms in total. The minimum absolute atomic E-state index is 0.937. The third-order valence-corrected chi connectivity index (χ3v) is 7.18. The van der Waals surface area contributed by atoms with Crippen LogP contribution in [0.15, 0.2) is 78.9 Å². The number of unbranched alkanes of at least 4 members (excludes halogenated alkanes) is 4. The summed E-state index contributed by atoms with van der Waals surface area (Å²) in [5, 5.41) is 2.54. The Morgan fingerprint density at radius 2 is 1.08 bits per heavy atom. The molecular formula is C38H40. The first-order valence-electron chi connectivity index (χ1n) is 14.5. The van der Waals surface area contributed by atoms with Crippen molar-refractivity contribution in [1.82, 2.24) is 0 Å². The van der Waals surface area contributed by atoms with E-state index in [1.807, 2.05) is 0 Å². The molecule has 0 heterocycles. The zero-order chi connectivity index (χ0) is 26.6. The van der Waals surface area contributed by atoms with Gasteiger partial charge in [0.2, 0.25) is 0 Å². The third-order valence-electron chi connectivity index (χ3n) is 7.18. The SMILES string of the molecule is CCCCCCc1ccc(C#Cc2ccc(C#Cc3ccc4cc(CCCC)ccc4c3)cc2CC)cc1. The number of aryl methyl sites for hydroxylation is 3. The molecule has 4 aromatic rings. The first-order chi connectivity index (χ1) is 18.7. The first kappa shape index (κ1) is 27.3. The molecule has 4 rings (SSSR count). The fourth-order valence-electron chi connectivity index (χ4n) is 4.79. The van der Waals surface area contributed by atoms with Gasteiger partial charge in [-0.3, -0.25) is 0 Å². The summed E-state index contributed by atoms with van der Waals surface area (Å²) in [5.41, 5.74) is 8.32. The molecule has 0 aliphatic carbocycles. The molecule has 0 aliphatic heterocycles. The summed E-state index contributed by atoms with van der Waals surface area (Å²) in [6, 6.07) is 28.5. The first-order valence-corrected chi connectivity index (χ1v) is 14.5. The van der Waals surface area contributed by atoms with E-state index in [4.69, 9.17) is 0 Å². The van der Waals surface area contributed by atoms with Gasteiger partial charge in [-0.25, -0.2) is 0 Å². The number of fused-ring (bicyclic) bond motifs is 1. The van der Waals surface area contributed by atoms with Crippen molar-refractivity contribution in [2.75, 3.05) is 0 Å². The van der Waals surface area contributed by atoms with Gasteiger partial charge in [-0.05, 0) is 102 Å². The van der Waals surface area contributed by atoms with E-state index in [2.05, 4.69) is 123 Å². The van der Waals surface area contributed by atoms with Crippen LogP contribution in [0.2, 0.25) is 0 Å². The van der Waals surface area contributed by atoms with Gasteiger partial charge in [-0.15, -0.1) is 0 Å². The number of rotatable bonds is 9. The van der Waals surface area contributed by atoms with Crippen molar-refractivity contribution in [2.45, 2.75) is 78.6 Å². The van der Waals surface area contributed by atoms with Crippen molar-refractivity contribution in [3.05, 3.63) is 118 Å². The minimum atomic E-state index is 0.937. The number of hydrogen-bond acceptors (Lipinski definition) is 0. The van der Waals surface area contributed by atoms with Crippen molar-refractivity contribution in [2.24, 2.45) is 0 Å². The third kappa shape index (κ3) is 7.88. The van der Waals surface area contributed by atoms with Gasteiger partial charge in [0.25, 0.3) is 0 Å². The highest BCUT2D eigenvalue weighted by molar-refractivity contribution is 5.84. The summed E-state index contributed by atoms with van der Waals surface area (Å²) in [4.78, 5) is 0. The molecule has 0 radical (unpaired) electrons. The van der Waals surface area contributed by atoms with Crippen LogP contribution in [0.25, 0.3) is 10.8 Å². The number of benzene rings is 4. The molecule has 0 spiro atoms. The average molecular weight is 497 g/mol. The molecule has 0 bridgehead atoms. The maximum absolute atomic E-state index is 3.40. The summed E-state index contributed by atoms with van der Waals surface area (Å²) in [5.74, 6) is 13.5. The molecule has 0 aliphatic rings. The van der Waals surface area contributed by atoms with Crippen molar-refractivity contribution >= 4 is 10.8 Å². The lowest BCUT2D eigenvalue weighted by Gasteiger charge is -2.04. The Kier molecular flexibility index (Phi) is 10.2. The van der Waals surface area contributed by atoms with Crippen molar-refractivity contribution in [3.8, 4) is 23.7 Å². The summed E-state index contributed by atoms with van der Waals surface area (Å²) in [6.07, 6.45) is 10.9. The lowest BCUT2D eigenvalue weighted by molar-refractivity contribution is 0.667. The highest BCUT2D eigenvalue weighted by Crippen LogP contribution is 2.19. The average Bonchev–Trinajstić information content (AvgIpc) is 2.96. The van der Waals surface area contributed by atoms with Crippen LogP contribution in [0, 0.1) is 23.7 Å². The van der Waals surface area contributed by atoms with Crippen molar-refractivity contribution in [3.63, 3.8) is 0 Å². The van der Waals surface area contributed by atoms with Gasteiger partial charge in [0.15, 0.2) is 0 Å². The second-order valence-electron chi connectivity index (χ2n) is 10.2. The standard InChI is InChI=1S/C38H40/c1-4-7-9-10-12-30-13-15-31(16-14-30)19-23-36-24-20-33(27-35(36)6-3)17-18-34-22-26-37-28-32(11-8-5-2)21-25-38(37)29-34/h13-16,20-22,24-29H,4-12H2,1-3H3. The van der Waals surface area contributed by atoms with E-state index in [9.17, 15) is 0 Å². The molecule has 4 aromatic carbocycles. The molecular weight excluding hydrogens is 456 g/mol. The predicted molar refractivity (Wildman–Crippen MR) is 165 cm³/mol. The molecule has 0 saturated carbocycles. The van der Waals surface area contributed by atoms with Gasteiger partial charge < -0.3 is 0 Å². The Balaban J connectivity index is 1.44. The van der Waals surface area contributed by atoms with E-state index in [1.165, 1.54) is 66.0 Å². The molecule has 38 heavy (non-hydrogen) atoms. The van der Waals surface area contributed by atoms with Gasteiger partial charge in [0.1, 0.15) is 0 Å².